The van der Waals surface area contributed by atoms with Crippen LogP contribution in [0.2, 0.25) is 0 Å². The molecular weight excluding hydrogens is 231 g/mol. The third-order valence-electron chi connectivity index (χ3n) is 2.66. The van der Waals surface area contributed by atoms with Crippen LogP contribution in [0.1, 0.15) is 0 Å². The van der Waals surface area contributed by atoms with Crippen LogP contribution in [0.4, 0.5) is 0 Å². The minimum absolute atomic E-state index is 0.0598. The number of benzene rings is 2. The van der Waals surface area contributed by atoms with Crippen LogP contribution in [-0.2, 0) is 4.57 Å². The summed E-state index contributed by atoms with van der Waals surface area (Å²) in [6.45, 7) is 0. The molecule has 2 aromatic carbocycles. The summed E-state index contributed by atoms with van der Waals surface area (Å²) in [5.41, 5.74) is 0. The normalized spacial score (nSPS) is 24.0. The Morgan fingerprint density at radius 1 is 0.938 bits per heavy atom. The standard InChI is InChI=1S/C10H5O5P/c11-7-5-3-1-2-4-6(5)8-10-9(7)14-16(12,13-8)15-10/h1-4,11H. The Kier molecular flexibility index (Phi) is 1.18. The first-order chi connectivity index (χ1) is 7.68. The zero-order valence-electron chi connectivity index (χ0n) is 7.84. The number of rotatable bonds is 0. The molecule has 2 bridgehead atoms. The molecule has 0 amide bonds. The predicted molar refractivity (Wildman–Crippen MR) is 55.1 cm³/mol. The highest BCUT2D eigenvalue weighted by Gasteiger charge is 2.52. The molecule has 0 spiro atoms. The van der Waals surface area contributed by atoms with Gasteiger partial charge in [-0.2, -0.15) is 4.57 Å². The van der Waals surface area contributed by atoms with Gasteiger partial charge in [0.15, 0.2) is 11.5 Å². The van der Waals surface area contributed by atoms with E-state index in [-0.39, 0.29) is 17.2 Å². The van der Waals surface area contributed by atoms with Crippen LogP contribution >= 0.6 is 7.82 Å². The Hall–Kier alpha value is -1.87. The molecule has 0 aliphatic carbocycles. The molecule has 0 saturated heterocycles. The fraction of sp³-hybridized carbons (Fsp3) is 0. The van der Waals surface area contributed by atoms with E-state index in [2.05, 4.69) is 0 Å². The van der Waals surface area contributed by atoms with Crippen molar-refractivity contribution >= 4 is 18.6 Å². The van der Waals surface area contributed by atoms with Crippen LogP contribution < -0.4 is 13.6 Å². The number of phosphoric ester groups is 1. The molecule has 1 unspecified atom stereocenters. The number of aromatic hydroxyl groups is 1. The summed E-state index contributed by atoms with van der Waals surface area (Å²) in [5.74, 6) is 0.677. The molecule has 2 aliphatic rings. The van der Waals surface area contributed by atoms with Gasteiger partial charge in [0.1, 0.15) is 0 Å². The minimum Gasteiger partial charge on any atom is -0.504 e. The van der Waals surface area contributed by atoms with Crippen molar-refractivity contribution in [1.82, 2.24) is 0 Å². The van der Waals surface area contributed by atoms with E-state index in [1.54, 1.807) is 24.3 Å². The third-order valence-corrected chi connectivity index (χ3v) is 3.88. The Balaban J connectivity index is 2.26. The van der Waals surface area contributed by atoms with Crippen LogP contribution in [0.25, 0.3) is 10.8 Å². The number of hydrogen-bond acceptors (Lipinski definition) is 5. The van der Waals surface area contributed by atoms with Crippen LogP contribution in [0.3, 0.4) is 0 Å². The van der Waals surface area contributed by atoms with Gasteiger partial charge < -0.3 is 18.7 Å². The van der Waals surface area contributed by atoms with E-state index in [9.17, 15) is 9.67 Å². The second kappa shape index (κ2) is 2.28. The van der Waals surface area contributed by atoms with Crippen LogP contribution in [-0.4, -0.2) is 5.11 Å². The van der Waals surface area contributed by atoms with Gasteiger partial charge in [-0.25, -0.2) is 0 Å². The van der Waals surface area contributed by atoms with E-state index in [0.717, 1.165) is 0 Å². The molecule has 2 aromatic rings. The Morgan fingerprint density at radius 2 is 1.56 bits per heavy atom. The molecular formula is C10H5O5P. The first-order valence-electron chi connectivity index (χ1n) is 4.64. The first kappa shape index (κ1) is 8.30. The van der Waals surface area contributed by atoms with Crippen LogP contribution in [0.15, 0.2) is 24.3 Å². The third kappa shape index (κ3) is 0.772. The lowest BCUT2D eigenvalue weighted by Crippen LogP contribution is -1.98. The van der Waals surface area contributed by atoms with Gasteiger partial charge in [0, 0.05) is 10.8 Å². The van der Waals surface area contributed by atoms with Gasteiger partial charge in [-0.15, -0.1) is 0 Å². The molecule has 6 heteroatoms. The maximum Gasteiger partial charge on any atom is 0.647 e. The lowest BCUT2D eigenvalue weighted by atomic mass is 10.1. The average molecular weight is 236 g/mol. The number of fused-ring (bicyclic) bond motifs is 3. The second-order valence-electron chi connectivity index (χ2n) is 3.60. The fourth-order valence-corrected chi connectivity index (χ4v) is 3.29. The number of phenols is 1. The quantitative estimate of drug-likeness (QED) is 0.712. The van der Waals surface area contributed by atoms with E-state index < -0.39 is 7.82 Å². The van der Waals surface area contributed by atoms with Crippen molar-refractivity contribution < 1.29 is 23.2 Å². The molecule has 2 aliphatic heterocycles. The van der Waals surface area contributed by atoms with E-state index in [1.807, 2.05) is 0 Å². The van der Waals surface area contributed by atoms with Crippen molar-refractivity contribution in [1.29, 1.82) is 0 Å². The van der Waals surface area contributed by atoms with Crippen molar-refractivity contribution in [3.8, 4) is 23.0 Å². The molecule has 5 nitrogen and oxygen atoms in total. The highest BCUT2D eigenvalue weighted by Crippen LogP contribution is 2.72. The molecule has 4 rings (SSSR count). The van der Waals surface area contributed by atoms with Gasteiger partial charge in [0.05, 0.1) is 0 Å². The summed E-state index contributed by atoms with van der Waals surface area (Å²) in [4.78, 5) is 0. The lowest BCUT2D eigenvalue weighted by molar-refractivity contribution is 0.347. The average Bonchev–Trinajstić information content (AvgIpc) is 2.80. The monoisotopic (exact) mass is 236 g/mol. The summed E-state index contributed by atoms with van der Waals surface area (Å²) in [6.07, 6.45) is 0. The topological polar surface area (TPSA) is 65.0 Å². The van der Waals surface area contributed by atoms with Gasteiger partial charge >= 0.3 is 7.82 Å². The Morgan fingerprint density at radius 3 is 2.31 bits per heavy atom. The molecule has 1 N–H and O–H groups in total. The maximum absolute atomic E-state index is 11.7. The molecule has 16 heavy (non-hydrogen) atoms. The molecule has 0 fully saturated rings. The van der Waals surface area contributed by atoms with E-state index in [0.29, 0.717) is 16.5 Å². The predicted octanol–water partition coefficient (Wildman–Crippen LogP) is 2.82. The smallest absolute Gasteiger partial charge is 0.504 e. The molecule has 0 saturated carbocycles. The lowest BCUT2D eigenvalue weighted by Gasteiger charge is -2.13. The van der Waals surface area contributed by atoms with E-state index in [4.69, 9.17) is 13.6 Å². The first-order valence-corrected chi connectivity index (χ1v) is 6.10. The summed E-state index contributed by atoms with van der Waals surface area (Å²) in [7, 11) is -3.54. The van der Waals surface area contributed by atoms with Crippen molar-refractivity contribution in [3.63, 3.8) is 0 Å². The fourth-order valence-electron chi connectivity index (χ4n) is 1.99. The van der Waals surface area contributed by atoms with Gasteiger partial charge in [0.2, 0.25) is 11.5 Å². The second-order valence-corrected chi connectivity index (χ2v) is 5.04. The van der Waals surface area contributed by atoms with Crippen molar-refractivity contribution in [3.05, 3.63) is 24.3 Å². The van der Waals surface area contributed by atoms with Crippen molar-refractivity contribution in [2.75, 3.05) is 0 Å². The Labute approximate surface area is 89.8 Å². The Bertz CT molecular complexity index is 693. The van der Waals surface area contributed by atoms with E-state index in [1.165, 1.54) is 0 Å². The van der Waals surface area contributed by atoms with Crippen molar-refractivity contribution in [2.45, 2.75) is 0 Å². The van der Waals surface area contributed by atoms with E-state index >= 15 is 0 Å². The maximum atomic E-state index is 11.7. The molecule has 2 heterocycles. The van der Waals surface area contributed by atoms with Crippen LogP contribution in [0, 0.1) is 0 Å². The minimum atomic E-state index is -3.54. The summed E-state index contributed by atoms with van der Waals surface area (Å²) in [5, 5.41) is 11.2. The zero-order chi connectivity index (χ0) is 10.9. The van der Waals surface area contributed by atoms with Gasteiger partial charge in [-0.1, -0.05) is 24.3 Å². The summed E-state index contributed by atoms with van der Waals surface area (Å²) in [6, 6.07) is 7.09. The molecule has 1 atom stereocenters. The van der Waals surface area contributed by atoms with Gasteiger partial charge in [0.25, 0.3) is 0 Å². The molecule has 0 aromatic heterocycles. The highest BCUT2D eigenvalue weighted by atomic mass is 31.2. The summed E-state index contributed by atoms with van der Waals surface area (Å²) >= 11 is 0. The largest absolute Gasteiger partial charge is 0.647 e. The summed E-state index contributed by atoms with van der Waals surface area (Å²) < 4.78 is 26.9. The SMILES string of the molecule is O=P12Oc3c(c(c4ccccc4c3O)O1)O2. The van der Waals surface area contributed by atoms with Gasteiger partial charge in [-0.05, 0) is 0 Å². The zero-order valence-corrected chi connectivity index (χ0v) is 8.73. The van der Waals surface area contributed by atoms with Crippen molar-refractivity contribution in [2.24, 2.45) is 0 Å². The number of phenolic OH excluding ortho intramolecular Hbond substituents is 1. The van der Waals surface area contributed by atoms with Crippen LogP contribution in [0.5, 0.6) is 23.0 Å². The number of hydrogen-bond donors (Lipinski definition) is 1. The number of phosphoric acid groups is 1. The molecule has 80 valence electrons. The highest BCUT2D eigenvalue weighted by molar-refractivity contribution is 7.50. The van der Waals surface area contributed by atoms with Gasteiger partial charge in [-0.3, -0.25) is 0 Å². The molecule has 0 radical (unpaired) electrons.